The second-order valence-electron chi connectivity index (χ2n) is 8.21. The predicted octanol–water partition coefficient (Wildman–Crippen LogP) is 2.91. The molecule has 3 atom stereocenters. The Morgan fingerprint density at radius 1 is 1.04 bits per heavy atom. The number of aliphatic hydroxyl groups excluding tert-OH is 1. The van der Waals surface area contributed by atoms with Gasteiger partial charge in [-0.2, -0.15) is 0 Å². The van der Waals surface area contributed by atoms with Crippen LogP contribution in [0.25, 0.3) is 0 Å². The van der Waals surface area contributed by atoms with Crippen molar-refractivity contribution < 1.29 is 9.84 Å². The first kappa shape index (κ1) is 17.3. The molecule has 0 unspecified atom stereocenters. The number of benzene rings is 1. The van der Waals surface area contributed by atoms with Gasteiger partial charge in [0.15, 0.2) is 0 Å². The summed E-state index contributed by atoms with van der Waals surface area (Å²) in [6.45, 7) is 4.58. The molecule has 2 bridgehead atoms. The zero-order valence-corrected chi connectivity index (χ0v) is 15.2. The highest BCUT2D eigenvalue weighted by molar-refractivity contribution is 5.48. The molecule has 1 N–H and O–H groups in total. The minimum Gasteiger partial charge on any atom is -0.389 e. The van der Waals surface area contributed by atoms with E-state index in [2.05, 4.69) is 40.1 Å². The average molecular weight is 344 g/mol. The molecule has 0 aromatic heterocycles. The molecule has 4 nitrogen and oxygen atoms in total. The Labute approximate surface area is 151 Å². The SMILES string of the molecule is O[C@@H](COC1CCCCC1)CN1C[C@@H]2C[C@H](C1)N(c1ccccc1)C2. The minimum atomic E-state index is -0.357. The summed E-state index contributed by atoms with van der Waals surface area (Å²) in [6, 6.07) is 11.4. The smallest absolute Gasteiger partial charge is 0.0900 e. The molecule has 1 aliphatic carbocycles. The van der Waals surface area contributed by atoms with Gasteiger partial charge in [0.1, 0.15) is 0 Å². The lowest BCUT2D eigenvalue weighted by atomic mass is 9.98. The summed E-state index contributed by atoms with van der Waals surface area (Å²) in [4.78, 5) is 5.02. The van der Waals surface area contributed by atoms with E-state index in [0.29, 0.717) is 18.8 Å². The van der Waals surface area contributed by atoms with Gasteiger partial charge in [0.05, 0.1) is 18.8 Å². The van der Waals surface area contributed by atoms with Crippen LogP contribution in [0.2, 0.25) is 0 Å². The number of para-hydroxylation sites is 1. The van der Waals surface area contributed by atoms with Crippen molar-refractivity contribution in [2.75, 3.05) is 37.7 Å². The number of hydrogen-bond acceptors (Lipinski definition) is 4. The Morgan fingerprint density at radius 3 is 2.64 bits per heavy atom. The maximum atomic E-state index is 10.4. The van der Waals surface area contributed by atoms with E-state index >= 15 is 0 Å². The molecule has 1 aromatic carbocycles. The number of fused-ring (bicyclic) bond motifs is 2. The number of β-amino-alcohol motifs (C(OH)–C–C–N with tert-alkyl or cyclic N) is 1. The first-order valence-electron chi connectivity index (χ1n) is 10.1. The Morgan fingerprint density at radius 2 is 1.84 bits per heavy atom. The van der Waals surface area contributed by atoms with Crippen LogP contribution in [0.3, 0.4) is 0 Å². The zero-order chi connectivity index (χ0) is 17.1. The highest BCUT2D eigenvalue weighted by atomic mass is 16.5. The van der Waals surface area contributed by atoms with Crippen LogP contribution >= 0.6 is 0 Å². The summed E-state index contributed by atoms with van der Waals surface area (Å²) in [5.41, 5.74) is 1.35. The molecule has 3 aliphatic rings. The highest BCUT2D eigenvalue weighted by Crippen LogP contribution is 2.33. The van der Waals surface area contributed by atoms with Crippen molar-refractivity contribution >= 4 is 5.69 Å². The van der Waals surface area contributed by atoms with Crippen LogP contribution < -0.4 is 4.90 Å². The summed E-state index contributed by atoms with van der Waals surface area (Å²) in [7, 11) is 0. The lowest BCUT2D eigenvalue weighted by Gasteiger charge is -2.34. The van der Waals surface area contributed by atoms with E-state index in [4.69, 9.17) is 4.74 Å². The number of ether oxygens (including phenoxy) is 1. The molecule has 2 saturated heterocycles. The highest BCUT2D eigenvalue weighted by Gasteiger charge is 2.38. The third kappa shape index (κ3) is 4.36. The largest absolute Gasteiger partial charge is 0.389 e. The first-order chi connectivity index (χ1) is 12.3. The van der Waals surface area contributed by atoms with Crippen LogP contribution in [0.5, 0.6) is 0 Å². The number of aliphatic hydroxyl groups is 1. The molecule has 0 amide bonds. The maximum absolute atomic E-state index is 10.4. The van der Waals surface area contributed by atoms with Gasteiger partial charge in [0.25, 0.3) is 0 Å². The fraction of sp³-hybridized carbons (Fsp3) is 0.714. The van der Waals surface area contributed by atoms with E-state index in [1.807, 2.05) is 0 Å². The molecule has 25 heavy (non-hydrogen) atoms. The lowest BCUT2D eigenvalue weighted by molar-refractivity contribution is -0.0357. The molecule has 2 aliphatic heterocycles. The van der Waals surface area contributed by atoms with Gasteiger partial charge >= 0.3 is 0 Å². The van der Waals surface area contributed by atoms with E-state index in [0.717, 1.165) is 32.1 Å². The second kappa shape index (κ2) is 8.07. The average Bonchev–Trinajstić information content (AvgIpc) is 2.96. The third-order valence-electron chi connectivity index (χ3n) is 6.12. The topological polar surface area (TPSA) is 35.9 Å². The summed E-state index contributed by atoms with van der Waals surface area (Å²) in [5.74, 6) is 0.727. The van der Waals surface area contributed by atoms with Crippen LogP contribution in [0.15, 0.2) is 30.3 Å². The van der Waals surface area contributed by atoms with Gasteiger partial charge in [0, 0.05) is 37.9 Å². The first-order valence-corrected chi connectivity index (χ1v) is 10.1. The Bertz CT molecular complexity index is 532. The van der Waals surface area contributed by atoms with Crippen molar-refractivity contribution in [1.82, 2.24) is 4.90 Å². The summed E-state index contributed by atoms with van der Waals surface area (Å²) in [6.07, 6.45) is 7.58. The third-order valence-corrected chi connectivity index (χ3v) is 6.12. The van der Waals surface area contributed by atoms with Crippen LogP contribution in [0, 0.1) is 5.92 Å². The molecular weight excluding hydrogens is 312 g/mol. The number of likely N-dealkylation sites (tertiary alicyclic amines) is 1. The second-order valence-corrected chi connectivity index (χ2v) is 8.21. The van der Waals surface area contributed by atoms with Gasteiger partial charge in [-0.25, -0.2) is 0 Å². The predicted molar refractivity (Wildman–Crippen MR) is 101 cm³/mol. The van der Waals surface area contributed by atoms with Gasteiger partial charge in [-0.3, -0.25) is 4.90 Å². The van der Waals surface area contributed by atoms with Gasteiger partial charge in [-0.15, -0.1) is 0 Å². The van der Waals surface area contributed by atoms with Crippen LogP contribution in [-0.4, -0.2) is 61.0 Å². The molecule has 0 radical (unpaired) electrons. The standard InChI is InChI=1S/C21H32N2O2/c24-20(16-25-21-9-5-2-6-10-21)15-22-12-17-11-19(14-22)23(13-17)18-7-3-1-4-8-18/h1,3-4,7-8,17,19-21,24H,2,5-6,9-16H2/t17-,19+,20+/m0/s1. The fourth-order valence-corrected chi connectivity index (χ4v) is 4.97. The number of hydrogen-bond donors (Lipinski definition) is 1. The van der Waals surface area contributed by atoms with Crippen LogP contribution in [0.1, 0.15) is 38.5 Å². The number of rotatable bonds is 6. The van der Waals surface area contributed by atoms with Gasteiger partial charge in [-0.05, 0) is 37.3 Å². The Hall–Kier alpha value is -1.10. The maximum Gasteiger partial charge on any atom is 0.0900 e. The van der Waals surface area contributed by atoms with Crippen molar-refractivity contribution in [1.29, 1.82) is 0 Å². The van der Waals surface area contributed by atoms with Gasteiger partial charge in [0.2, 0.25) is 0 Å². The van der Waals surface area contributed by atoms with Gasteiger partial charge in [-0.1, -0.05) is 37.5 Å². The molecule has 138 valence electrons. The Kier molecular flexibility index (Phi) is 5.59. The van der Waals surface area contributed by atoms with Crippen LogP contribution in [-0.2, 0) is 4.74 Å². The number of piperidine rings is 1. The minimum absolute atomic E-state index is 0.357. The molecular formula is C21H32N2O2. The fourth-order valence-electron chi connectivity index (χ4n) is 4.97. The summed E-state index contributed by atoms with van der Waals surface area (Å²) < 4.78 is 5.96. The molecule has 0 spiro atoms. The lowest BCUT2D eigenvalue weighted by Crippen LogP contribution is -2.46. The summed E-state index contributed by atoms with van der Waals surface area (Å²) in [5, 5.41) is 10.4. The molecule has 2 heterocycles. The summed E-state index contributed by atoms with van der Waals surface area (Å²) >= 11 is 0. The van der Waals surface area contributed by atoms with E-state index < -0.39 is 0 Å². The van der Waals surface area contributed by atoms with Gasteiger partial charge < -0.3 is 14.7 Å². The number of nitrogens with zero attached hydrogens (tertiary/aromatic N) is 2. The van der Waals surface area contributed by atoms with E-state index in [9.17, 15) is 5.11 Å². The number of anilines is 1. The van der Waals surface area contributed by atoms with Crippen molar-refractivity contribution in [3.8, 4) is 0 Å². The van der Waals surface area contributed by atoms with E-state index in [-0.39, 0.29) is 6.10 Å². The molecule has 1 saturated carbocycles. The van der Waals surface area contributed by atoms with Crippen molar-refractivity contribution in [2.45, 2.75) is 56.8 Å². The quantitative estimate of drug-likeness (QED) is 0.861. The normalized spacial score (nSPS) is 29.1. The molecule has 4 heteroatoms. The monoisotopic (exact) mass is 344 g/mol. The Balaban J connectivity index is 1.26. The van der Waals surface area contributed by atoms with Crippen molar-refractivity contribution in [2.24, 2.45) is 5.92 Å². The van der Waals surface area contributed by atoms with E-state index in [1.54, 1.807) is 0 Å². The molecule has 4 rings (SSSR count). The van der Waals surface area contributed by atoms with E-state index in [1.165, 1.54) is 44.2 Å². The van der Waals surface area contributed by atoms with Crippen LogP contribution in [0.4, 0.5) is 5.69 Å². The van der Waals surface area contributed by atoms with Crippen molar-refractivity contribution in [3.05, 3.63) is 30.3 Å². The molecule has 3 fully saturated rings. The zero-order valence-electron chi connectivity index (χ0n) is 15.2. The van der Waals surface area contributed by atoms with Crippen molar-refractivity contribution in [3.63, 3.8) is 0 Å². The molecule has 1 aromatic rings.